The molecule has 62 valence electrons. The van der Waals surface area contributed by atoms with Crippen LogP contribution in [0.25, 0.3) is 0 Å². The van der Waals surface area contributed by atoms with Gasteiger partial charge < -0.3 is 0 Å². The van der Waals surface area contributed by atoms with Gasteiger partial charge in [0.1, 0.15) is 0 Å². The Morgan fingerprint density at radius 2 is 2.27 bits per heavy atom. The highest BCUT2D eigenvalue weighted by molar-refractivity contribution is 9.10. The molecule has 2 nitrogen and oxygen atoms in total. The molecule has 0 fully saturated rings. The van der Waals surface area contributed by atoms with Crippen molar-refractivity contribution in [1.29, 1.82) is 0 Å². The van der Waals surface area contributed by atoms with Gasteiger partial charge in [0.2, 0.25) is 0 Å². The Kier molecular flexibility index (Phi) is 2.71. The van der Waals surface area contributed by atoms with Crippen LogP contribution >= 0.6 is 15.9 Å². The number of nitrogens with zero attached hydrogens (tertiary/aromatic N) is 2. The van der Waals surface area contributed by atoms with E-state index < -0.39 is 0 Å². The first-order valence-electron chi connectivity index (χ1n) is 3.88. The van der Waals surface area contributed by atoms with E-state index in [0.717, 1.165) is 10.9 Å². The number of hydrogen-bond acceptors (Lipinski definition) is 1. The monoisotopic (exact) mass is 216 g/mol. The van der Waals surface area contributed by atoms with E-state index in [4.69, 9.17) is 0 Å². The summed E-state index contributed by atoms with van der Waals surface area (Å²) in [5.41, 5.74) is 1.28. The molecular weight excluding hydrogens is 204 g/mol. The zero-order valence-corrected chi connectivity index (χ0v) is 8.72. The average Bonchev–Trinajstić information content (AvgIpc) is 2.30. The lowest BCUT2D eigenvalue weighted by Gasteiger charge is -2.09. The molecule has 0 saturated carbocycles. The van der Waals surface area contributed by atoms with Gasteiger partial charge in [-0.25, -0.2) is 0 Å². The van der Waals surface area contributed by atoms with Crippen molar-refractivity contribution in [2.75, 3.05) is 0 Å². The summed E-state index contributed by atoms with van der Waals surface area (Å²) >= 11 is 3.46. The maximum atomic E-state index is 4.26. The highest BCUT2D eigenvalue weighted by Crippen LogP contribution is 2.19. The molecule has 0 aliphatic carbocycles. The van der Waals surface area contributed by atoms with Gasteiger partial charge in [0, 0.05) is 6.04 Å². The Balaban J connectivity index is 3.05. The first kappa shape index (κ1) is 8.78. The van der Waals surface area contributed by atoms with Crippen LogP contribution in [0.15, 0.2) is 10.7 Å². The number of hydrogen-bond donors (Lipinski definition) is 0. The van der Waals surface area contributed by atoms with Crippen LogP contribution < -0.4 is 0 Å². The van der Waals surface area contributed by atoms with Crippen LogP contribution in [0.4, 0.5) is 0 Å². The highest BCUT2D eigenvalue weighted by atomic mass is 79.9. The average molecular weight is 217 g/mol. The SMILES string of the molecule is CCc1c(Br)cnn1C(C)C. The Bertz CT molecular complexity index is 240. The summed E-state index contributed by atoms with van der Waals surface area (Å²) in [6, 6.07) is 0.455. The molecule has 0 aliphatic rings. The van der Waals surface area contributed by atoms with Gasteiger partial charge in [-0.2, -0.15) is 5.10 Å². The van der Waals surface area contributed by atoms with Crippen molar-refractivity contribution in [1.82, 2.24) is 9.78 Å². The second-order valence-corrected chi connectivity index (χ2v) is 3.69. The molecule has 1 rings (SSSR count). The van der Waals surface area contributed by atoms with Gasteiger partial charge in [0.15, 0.2) is 0 Å². The molecular formula is C8H13BrN2. The molecule has 0 N–H and O–H groups in total. The van der Waals surface area contributed by atoms with Crippen molar-refractivity contribution >= 4 is 15.9 Å². The number of rotatable bonds is 2. The summed E-state index contributed by atoms with van der Waals surface area (Å²) in [5, 5.41) is 4.26. The Labute approximate surface area is 75.7 Å². The lowest BCUT2D eigenvalue weighted by Crippen LogP contribution is -2.06. The van der Waals surface area contributed by atoms with Gasteiger partial charge in [-0.05, 0) is 36.2 Å². The normalized spacial score (nSPS) is 11.0. The van der Waals surface area contributed by atoms with Gasteiger partial charge >= 0.3 is 0 Å². The smallest absolute Gasteiger partial charge is 0.0635 e. The number of aromatic nitrogens is 2. The minimum atomic E-state index is 0.455. The molecule has 1 aromatic heterocycles. The molecule has 0 bridgehead atoms. The lowest BCUT2D eigenvalue weighted by molar-refractivity contribution is 0.511. The van der Waals surface area contributed by atoms with Crippen LogP contribution in [0.1, 0.15) is 32.5 Å². The van der Waals surface area contributed by atoms with E-state index in [0.29, 0.717) is 6.04 Å². The first-order valence-corrected chi connectivity index (χ1v) is 4.68. The standard InChI is InChI=1S/C8H13BrN2/c1-4-8-7(9)5-10-11(8)6(2)3/h5-6H,4H2,1-3H3. The molecule has 3 heteroatoms. The topological polar surface area (TPSA) is 17.8 Å². The molecule has 1 aromatic rings. The van der Waals surface area contributed by atoms with E-state index in [1.165, 1.54) is 5.69 Å². The van der Waals surface area contributed by atoms with Gasteiger partial charge in [-0.1, -0.05) is 6.92 Å². The predicted molar refractivity (Wildman–Crippen MR) is 49.7 cm³/mol. The van der Waals surface area contributed by atoms with Crippen molar-refractivity contribution in [3.8, 4) is 0 Å². The highest BCUT2D eigenvalue weighted by Gasteiger charge is 2.07. The Morgan fingerprint density at radius 1 is 1.64 bits per heavy atom. The zero-order chi connectivity index (χ0) is 8.43. The van der Waals surface area contributed by atoms with E-state index >= 15 is 0 Å². The molecule has 0 spiro atoms. The van der Waals surface area contributed by atoms with Crippen molar-refractivity contribution in [3.63, 3.8) is 0 Å². The van der Waals surface area contributed by atoms with Crippen molar-refractivity contribution in [2.45, 2.75) is 33.2 Å². The van der Waals surface area contributed by atoms with Crippen molar-refractivity contribution in [2.24, 2.45) is 0 Å². The van der Waals surface area contributed by atoms with Gasteiger partial charge in [-0.15, -0.1) is 0 Å². The van der Waals surface area contributed by atoms with Gasteiger partial charge in [0.05, 0.1) is 16.4 Å². The maximum absolute atomic E-state index is 4.26. The molecule has 1 heterocycles. The Hall–Kier alpha value is -0.310. The predicted octanol–water partition coefficient (Wildman–Crippen LogP) is 2.79. The lowest BCUT2D eigenvalue weighted by atomic mass is 10.3. The minimum Gasteiger partial charge on any atom is -0.266 e. The summed E-state index contributed by atoms with van der Waals surface area (Å²) in [4.78, 5) is 0. The molecule has 0 amide bonds. The van der Waals surface area contributed by atoms with E-state index in [1.54, 1.807) is 0 Å². The molecule has 11 heavy (non-hydrogen) atoms. The van der Waals surface area contributed by atoms with E-state index in [9.17, 15) is 0 Å². The van der Waals surface area contributed by atoms with Crippen LogP contribution in [0.5, 0.6) is 0 Å². The van der Waals surface area contributed by atoms with Crippen molar-refractivity contribution in [3.05, 3.63) is 16.4 Å². The molecule has 0 aliphatic heterocycles. The van der Waals surface area contributed by atoms with Crippen molar-refractivity contribution < 1.29 is 0 Å². The molecule has 0 radical (unpaired) electrons. The van der Waals surface area contributed by atoms with Crippen LogP contribution in [-0.4, -0.2) is 9.78 Å². The maximum Gasteiger partial charge on any atom is 0.0635 e. The summed E-state index contributed by atoms with van der Waals surface area (Å²) in [5.74, 6) is 0. The molecule has 0 aromatic carbocycles. The third kappa shape index (κ3) is 1.64. The van der Waals surface area contributed by atoms with Crippen LogP contribution in [0.2, 0.25) is 0 Å². The third-order valence-corrected chi connectivity index (χ3v) is 2.33. The molecule has 0 unspecified atom stereocenters. The van der Waals surface area contributed by atoms with Crippen LogP contribution in [0, 0.1) is 0 Å². The summed E-state index contributed by atoms with van der Waals surface area (Å²) in [7, 11) is 0. The number of halogens is 1. The fourth-order valence-corrected chi connectivity index (χ4v) is 1.70. The second kappa shape index (κ2) is 3.39. The van der Waals surface area contributed by atoms with Crippen LogP contribution in [0.3, 0.4) is 0 Å². The fourth-order valence-electron chi connectivity index (χ4n) is 1.14. The summed E-state index contributed by atoms with van der Waals surface area (Å²) in [6.07, 6.45) is 2.89. The van der Waals surface area contributed by atoms with E-state index in [-0.39, 0.29) is 0 Å². The third-order valence-electron chi connectivity index (χ3n) is 1.67. The van der Waals surface area contributed by atoms with Gasteiger partial charge in [0.25, 0.3) is 0 Å². The minimum absolute atomic E-state index is 0.455. The second-order valence-electron chi connectivity index (χ2n) is 2.83. The molecule has 0 saturated heterocycles. The molecule has 0 atom stereocenters. The van der Waals surface area contributed by atoms with Crippen LogP contribution in [-0.2, 0) is 6.42 Å². The van der Waals surface area contributed by atoms with E-state index in [2.05, 4.69) is 41.8 Å². The Morgan fingerprint density at radius 3 is 2.64 bits per heavy atom. The summed E-state index contributed by atoms with van der Waals surface area (Å²) in [6.45, 7) is 6.41. The summed E-state index contributed by atoms with van der Waals surface area (Å²) < 4.78 is 3.16. The first-order chi connectivity index (χ1) is 5.16. The quantitative estimate of drug-likeness (QED) is 0.744. The largest absolute Gasteiger partial charge is 0.266 e. The van der Waals surface area contributed by atoms with Gasteiger partial charge in [-0.3, -0.25) is 4.68 Å². The van der Waals surface area contributed by atoms with E-state index in [1.807, 2.05) is 10.9 Å². The zero-order valence-electron chi connectivity index (χ0n) is 7.13. The fraction of sp³-hybridized carbons (Fsp3) is 0.625.